The molecule has 1 N–H and O–H groups in total. The molecular weight excluding hydrogens is 395 g/mol. The van der Waals surface area contributed by atoms with Crippen LogP contribution < -0.4 is 5.32 Å². The smallest absolute Gasteiger partial charge is 0.281 e. The molecule has 1 amide bonds. The predicted molar refractivity (Wildman–Crippen MR) is 115 cm³/mol. The molecule has 6 nitrogen and oxygen atoms in total. The summed E-state index contributed by atoms with van der Waals surface area (Å²) in [4.78, 5) is 29.4. The molecule has 1 atom stereocenters. The summed E-state index contributed by atoms with van der Waals surface area (Å²) in [6.45, 7) is 3.76. The molecule has 4 rings (SSSR count). The maximum atomic E-state index is 14.0. The van der Waals surface area contributed by atoms with Gasteiger partial charge in [-0.05, 0) is 43.2 Å². The number of fused-ring (bicyclic) bond motifs is 1. The van der Waals surface area contributed by atoms with Gasteiger partial charge in [-0.1, -0.05) is 37.3 Å². The van der Waals surface area contributed by atoms with Crippen molar-refractivity contribution < 1.29 is 14.0 Å². The van der Waals surface area contributed by atoms with Gasteiger partial charge in [0.15, 0.2) is 5.82 Å². The van der Waals surface area contributed by atoms with Crippen molar-refractivity contribution in [1.29, 1.82) is 0 Å². The molecule has 0 fully saturated rings. The maximum Gasteiger partial charge on any atom is 0.281 e. The molecule has 31 heavy (non-hydrogen) atoms. The first-order chi connectivity index (χ1) is 15.0. The zero-order chi connectivity index (χ0) is 22.0. The van der Waals surface area contributed by atoms with Crippen LogP contribution in [0.1, 0.15) is 51.4 Å². The summed E-state index contributed by atoms with van der Waals surface area (Å²) in [5.41, 5.74) is 2.46. The van der Waals surface area contributed by atoms with E-state index in [2.05, 4.69) is 15.4 Å². The molecule has 1 unspecified atom stereocenters. The van der Waals surface area contributed by atoms with Crippen LogP contribution in [-0.4, -0.2) is 26.6 Å². The van der Waals surface area contributed by atoms with Gasteiger partial charge in [0, 0.05) is 17.1 Å². The predicted octanol–water partition coefficient (Wildman–Crippen LogP) is 4.45. The van der Waals surface area contributed by atoms with Gasteiger partial charge in [-0.2, -0.15) is 9.78 Å². The SMILES string of the molecule is CCC(NC(=O)c1ccc2c(c1)c(C)nn2C(=O)c1ccncc1F)c1ccccc1. The zero-order valence-corrected chi connectivity index (χ0v) is 17.2. The number of carbonyl (C=O) groups is 2. The first kappa shape index (κ1) is 20.4. The Kier molecular flexibility index (Phi) is 5.58. The van der Waals surface area contributed by atoms with Gasteiger partial charge >= 0.3 is 0 Å². The van der Waals surface area contributed by atoms with Crippen LogP contribution in [0.4, 0.5) is 4.39 Å². The van der Waals surface area contributed by atoms with Gasteiger partial charge in [0.25, 0.3) is 11.8 Å². The van der Waals surface area contributed by atoms with E-state index in [1.165, 1.54) is 12.3 Å². The van der Waals surface area contributed by atoms with Gasteiger partial charge in [-0.3, -0.25) is 14.6 Å². The molecule has 156 valence electrons. The molecule has 0 bridgehead atoms. The molecule has 7 heteroatoms. The lowest BCUT2D eigenvalue weighted by Gasteiger charge is -2.17. The number of nitrogens with zero attached hydrogens (tertiary/aromatic N) is 3. The number of hydrogen-bond donors (Lipinski definition) is 1. The molecule has 2 aromatic carbocycles. The molecule has 0 spiro atoms. The summed E-state index contributed by atoms with van der Waals surface area (Å²) < 4.78 is 15.2. The molecule has 0 aliphatic heterocycles. The van der Waals surface area contributed by atoms with E-state index in [-0.39, 0.29) is 17.5 Å². The second kappa shape index (κ2) is 8.47. The number of halogens is 1. The lowest BCUT2D eigenvalue weighted by atomic mass is 10.0. The highest BCUT2D eigenvalue weighted by atomic mass is 19.1. The van der Waals surface area contributed by atoms with E-state index in [1.807, 2.05) is 37.3 Å². The van der Waals surface area contributed by atoms with E-state index in [1.54, 1.807) is 25.1 Å². The highest BCUT2D eigenvalue weighted by molar-refractivity contribution is 6.04. The molecule has 2 aromatic heterocycles. The standard InChI is InChI=1S/C24H21FN4O2/c1-3-21(16-7-5-4-6-8-16)27-23(30)17-9-10-22-19(13-17)15(2)28-29(22)24(31)18-11-12-26-14-20(18)25/h4-14,21H,3H2,1-2H3,(H,27,30). The number of hydrogen-bond acceptors (Lipinski definition) is 4. The Morgan fingerprint density at radius 3 is 2.61 bits per heavy atom. The second-order valence-electron chi connectivity index (χ2n) is 7.23. The van der Waals surface area contributed by atoms with Gasteiger partial charge in [0.2, 0.25) is 0 Å². The van der Waals surface area contributed by atoms with E-state index < -0.39 is 11.7 Å². The molecule has 2 heterocycles. The van der Waals surface area contributed by atoms with Crippen molar-refractivity contribution in [2.75, 3.05) is 0 Å². The lowest BCUT2D eigenvalue weighted by Crippen LogP contribution is -2.28. The highest BCUT2D eigenvalue weighted by Crippen LogP contribution is 2.23. The number of nitrogens with one attached hydrogen (secondary N) is 1. The summed E-state index contributed by atoms with van der Waals surface area (Å²) >= 11 is 0. The van der Waals surface area contributed by atoms with Gasteiger partial charge in [-0.15, -0.1) is 0 Å². The van der Waals surface area contributed by atoms with Gasteiger partial charge < -0.3 is 5.32 Å². The number of carbonyl (C=O) groups excluding carboxylic acids is 2. The minimum absolute atomic E-state index is 0.107. The van der Waals surface area contributed by atoms with Crippen molar-refractivity contribution in [2.45, 2.75) is 26.3 Å². The lowest BCUT2D eigenvalue weighted by molar-refractivity contribution is 0.0932. The second-order valence-corrected chi connectivity index (χ2v) is 7.23. The third-order valence-electron chi connectivity index (χ3n) is 5.24. The van der Waals surface area contributed by atoms with E-state index in [9.17, 15) is 14.0 Å². The fraction of sp³-hybridized carbons (Fsp3) is 0.167. The van der Waals surface area contributed by atoms with Crippen LogP contribution in [0.2, 0.25) is 0 Å². The summed E-state index contributed by atoms with van der Waals surface area (Å²) in [7, 11) is 0. The van der Waals surface area contributed by atoms with Crippen molar-refractivity contribution in [3.05, 3.63) is 95.2 Å². The van der Waals surface area contributed by atoms with Crippen LogP contribution in [-0.2, 0) is 0 Å². The minimum Gasteiger partial charge on any atom is -0.345 e. The first-order valence-electron chi connectivity index (χ1n) is 9.99. The van der Waals surface area contributed by atoms with Crippen LogP contribution in [0.5, 0.6) is 0 Å². The number of aryl methyl sites for hydroxylation is 1. The summed E-state index contributed by atoms with van der Waals surface area (Å²) in [6, 6.07) is 16.0. The molecule has 0 aliphatic rings. The Balaban J connectivity index is 1.65. The van der Waals surface area contributed by atoms with Gasteiger partial charge in [-0.25, -0.2) is 4.39 Å². The fourth-order valence-electron chi connectivity index (χ4n) is 3.58. The third kappa shape index (κ3) is 3.94. The Labute approximate surface area is 178 Å². The first-order valence-corrected chi connectivity index (χ1v) is 9.99. The zero-order valence-electron chi connectivity index (χ0n) is 17.2. The van der Waals surface area contributed by atoms with E-state index in [0.717, 1.165) is 22.9 Å². The Morgan fingerprint density at radius 2 is 1.90 bits per heavy atom. The maximum absolute atomic E-state index is 14.0. The Bertz CT molecular complexity index is 1270. The molecule has 0 saturated heterocycles. The third-order valence-corrected chi connectivity index (χ3v) is 5.24. The van der Waals surface area contributed by atoms with Crippen LogP contribution in [0.25, 0.3) is 10.9 Å². The summed E-state index contributed by atoms with van der Waals surface area (Å²) in [5.74, 6) is -1.52. The average molecular weight is 416 g/mol. The summed E-state index contributed by atoms with van der Waals surface area (Å²) in [5, 5.41) is 7.99. The molecular formula is C24H21FN4O2. The van der Waals surface area contributed by atoms with Crippen molar-refractivity contribution >= 4 is 22.7 Å². The van der Waals surface area contributed by atoms with Gasteiger partial charge in [0.05, 0.1) is 29.0 Å². The average Bonchev–Trinajstić information content (AvgIpc) is 3.13. The van der Waals surface area contributed by atoms with E-state index >= 15 is 0 Å². The van der Waals surface area contributed by atoms with Crippen LogP contribution in [0, 0.1) is 12.7 Å². The van der Waals surface area contributed by atoms with Crippen molar-refractivity contribution in [1.82, 2.24) is 20.1 Å². The number of amides is 1. The van der Waals surface area contributed by atoms with Crippen LogP contribution in [0.3, 0.4) is 0 Å². The summed E-state index contributed by atoms with van der Waals surface area (Å²) in [6.07, 6.45) is 3.10. The number of rotatable bonds is 5. The molecule has 4 aromatic rings. The normalized spacial score (nSPS) is 12.0. The minimum atomic E-state index is -0.712. The van der Waals surface area contributed by atoms with Crippen LogP contribution in [0.15, 0.2) is 67.0 Å². The molecule has 0 aliphatic carbocycles. The molecule has 0 radical (unpaired) electrons. The van der Waals surface area contributed by atoms with E-state index in [4.69, 9.17) is 0 Å². The quantitative estimate of drug-likeness (QED) is 0.522. The van der Waals surface area contributed by atoms with Crippen LogP contribution >= 0.6 is 0 Å². The number of pyridine rings is 1. The van der Waals surface area contributed by atoms with Crippen molar-refractivity contribution in [3.63, 3.8) is 0 Å². The fourth-order valence-corrected chi connectivity index (χ4v) is 3.58. The topological polar surface area (TPSA) is 76.9 Å². The molecule has 0 saturated carbocycles. The van der Waals surface area contributed by atoms with Gasteiger partial charge in [0.1, 0.15) is 0 Å². The Morgan fingerprint density at radius 1 is 1.13 bits per heavy atom. The Hall–Kier alpha value is -3.87. The van der Waals surface area contributed by atoms with E-state index in [0.29, 0.717) is 22.2 Å². The largest absolute Gasteiger partial charge is 0.345 e. The highest BCUT2D eigenvalue weighted by Gasteiger charge is 2.20. The van der Waals surface area contributed by atoms with Crippen molar-refractivity contribution in [3.8, 4) is 0 Å². The number of benzene rings is 2. The van der Waals surface area contributed by atoms with Crippen molar-refractivity contribution in [2.24, 2.45) is 0 Å². The number of aromatic nitrogens is 3. The monoisotopic (exact) mass is 416 g/mol.